The Morgan fingerprint density at radius 3 is 2.86 bits per heavy atom. The van der Waals surface area contributed by atoms with E-state index in [1.54, 1.807) is 30.7 Å². The predicted octanol–water partition coefficient (Wildman–Crippen LogP) is -0.164. The number of imide groups is 1. The maximum Gasteiger partial charge on any atom is 0.417 e. The van der Waals surface area contributed by atoms with E-state index in [2.05, 4.69) is 9.98 Å². The molecule has 108 valence electrons. The Morgan fingerprint density at radius 1 is 1.33 bits per heavy atom. The van der Waals surface area contributed by atoms with Crippen LogP contribution in [0.2, 0.25) is 0 Å². The SMILES string of the molecule is CN1C(=O)C2C(=NCc3cccs3)C=C[NH+]=C2N(C)C1=O. The molecule has 1 fully saturated rings. The second-order valence-electron chi connectivity index (χ2n) is 4.86. The molecule has 0 spiro atoms. The van der Waals surface area contributed by atoms with Gasteiger partial charge in [0.1, 0.15) is 0 Å². The Balaban J connectivity index is 1.92. The quantitative estimate of drug-likeness (QED) is 0.825. The van der Waals surface area contributed by atoms with Gasteiger partial charge in [0.25, 0.3) is 11.7 Å². The summed E-state index contributed by atoms with van der Waals surface area (Å²) in [6.07, 6.45) is 3.50. The number of hydrogen-bond acceptors (Lipinski definition) is 4. The van der Waals surface area contributed by atoms with Gasteiger partial charge in [-0.3, -0.25) is 9.79 Å². The van der Waals surface area contributed by atoms with Crippen LogP contribution in [0.1, 0.15) is 4.88 Å². The van der Waals surface area contributed by atoms with Crippen molar-refractivity contribution in [1.29, 1.82) is 0 Å². The van der Waals surface area contributed by atoms with Gasteiger partial charge in [0.15, 0.2) is 5.92 Å². The van der Waals surface area contributed by atoms with Crippen LogP contribution in [-0.2, 0) is 11.3 Å². The molecule has 0 radical (unpaired) electrons. The summed E-state index contributed by atoms with van der Waals surface area (Å²) in [6.45, 7) is 0.537. The topological polar surface area (TPSA) is 67.0 Å². The predicted molar refractivity (Wildman–Crippen MR) is 80.0 cm³/mol. The first-order valence-corrected chi connectivity index (χ1v) is 7.39. The number of fused-ring (bicyclic) bond motifs is 1. The van der Waals surface area contributed by atoms with E-state index in [0.717, 1.165) is 9.78 Å². The largest absolute Gasteiger partial charge is 0.417 e. The van der Waals surface area contributed by atoms with Gasteiger partial charge in [-0.05, 0) is 17.5 Å². The fourth-order valence-electron chi connectivity index (χ4n) is 2.40. The highest BCUT2D eigenvalue weighted by molar-refractivity contribution is 7.09. The standard InChI is InChI=1S/C14H14N4O2S/c1-17-12-11(13(19)18(2)14(17)20)10(5-6-15-12)16-8-9-4-3-7-21-9/h3-7,11H,8H2,1-2H3/p+1. The van der Waals surface area contributed by atoms with Crippen LogP contribution in [0, 0.1) is 5.92 Å². The Bertz CT molecular complexity index is 675. The first kappa shape index (κ1) is 13.7. The van der Waals surface area contributed by atoms with Crippen molar-refractivity contribution in [2.45, 2.75) is 6.54 Å². The molecule has 1 saturated heterocycles. The number of thiophene rings is 1. The number of carbonyl (C=O) groups is 2. The second-order valence-corrected chi connectivity index (χ2v) is 5.89. The summed E-state index contributed by atoms with van der Waals surface area (Å²) < 4.78 is 0. The zero-order valence-electron chi connectivity index (χ0n) is 11.7. The number of urea groups is 1. The van der Waals surface area contributed by atoms with E-state index in [0.29, 0.717) is 18.1 Å². The molecule has 3 heterocycles. The summed E-state index contributed by atoms with van der Waals surface area (Å²) in [5, 5.41) is 2.00. The van der Waals surface area contributed by atoms with E-state index < -0.39 is 5.92 Å². The number of amidine groups is 1. The Hall–Kier alpha value is -2.28. The molecule has 0 saturated carbocycles. The smallest absolute Gasteiger partial charge is 0.283 e. The van der Waals surface area contributed by atoms with Crippen molar-refractivity contribution in [2.75, 3.05) is 14.1 Å². The van der Waals surface area contributed by atoms with Gasteiger partial charge in [-0.1, -0.05) is 6.07 Å². The second kappa shape index (κ2) is 5.25. The maximum atomic E-state index is 12.4. The number of nitrogens with one attached hydrogen (secondary N) is 1. The fourth-order valence-corrected chi connectivity index (χ4v) is 3.03. The lowest BCUT2D eigenvalue weighted by Gasteiger charge is -2.31. The summed E-state index contributed by atoms with van der Waals surface area (Å²) in [5.74, 6) is -0.229. The summed E-state index contributed by atoms with van der Waals surface area (Å²) in [5.41, 5.74) is 0.674. The zero-order valence-corrected chi connectivity index (χ0v) is 12.6. The van der Waals surface area contributed by atoms with Gasteiger partial charge in [0, 0.05) is 11.9 Å². The van der Waals surface area contributed by atoms with E-state index in [1.807, 2.05) is 17.5 Å². The van der Waals surface area contributed by atoms with Crippen molar-refractivity contribution < 1.29 is 14.6 Å². The first-order chi connectivity index (χ1) is 10.1. The highest BCUT2D eigenvalue weighted by atomic mass is 32.1. The molecule has 2 aliphatic rings. The molecule has 2 aliphatic heterocycles. The average Bonchev–Trinajstić information content (AvgIpc) is 3.01. The van der Waals surface area contributed by atoms with Gasteiger partial charge in [-0.2, -0.15) is 4.90 Å². The van der Waals surface area contributed by atoms with E-state index in [4.69, 9.17) is 0 Å². The molecule has 7 heteroatoms. The van der Waals surface area contributed by atoms with Crippen molar-refractivity contribution in [1.82, 2.24) is 9.80 Å². The van der Waals surface area contributed by atoms with Gasteiger partial charge in [-0.25, -0.2) is 14.7 Å². The minimum atomic E-state index is -0.539. The molecule has 1 unspecified atom stereocenters. The fraction of sp³-hybridized carbons (Fsp3) is 0.286. The van der Waals surface area contributed by atoms with Gasteiger partial charge in [-0.15, -0.1) is 11.3 Å². The summed E-state index contributed by atoms with van der Waals surface area (Å²) in [4.78, 5) is 35.6. The number of nitrogens with zero attached hydrogens (tertiary/aromatic N) is 3. The summed E-state index contributed by atoms with van der Waals surface area (Å²) in [6, 6.07) is 3.64. The van der Waals surface area contributed by atoms with E-state index in [1.165, 1.54) is 11.9 Å². The number of allylic oxidation sites excluding steroid dienone is 1. The lowest BCUT2D eigenvalue weighted by Crippen LogP contribution is -2.79. The van der Waals surface area contributed by atoms with E-state index in [9.17, 15) is 9.59 Å². The molecule has 0 aromatic carbocycles. The van der Waals surface area contributed by atoms with Crippen LogP contribution in [0.4, 0.5) is 4.79 Å². The molecular formula is C14H15N4O2S+. The zero-order chi connectivity index (χ0) is 15.0. The number of amides is 3. The Morgan fingerprint density at radius 2 is 2.14 bits per heavy atom. The molecule has 1 aromatic heterocycles. The minimum absolute atomic E-state index is 0.255. The molecule has 0 bridgehead atoms. The van der Waals surface area contributed by atoms with Crippen molar-refractivity contribution >= 4 is 34.8 Å². The minimum Gasteiger partial charge on any atom is -0.283 e. The van der Waals surface area contributed by atoms with Crippen LogP contribution in [0.15, 0.2) is 34.8 Å². The van der Waals surface area contributed by atoms with Gasteiger partial charge in [0.05, 0.1) is 25.5 Å². The number of carbonyl (C=O) groups excluding carboxylic acids is 2. The number of aliphatic imine (C=N–C) groups is 1. The maximum absolute atomic E-state index is 12.4. The van der Waals surface area contributed by atoms with Crippen LogP contribution < -0.4 is 4.99 Å². The third kappa shape index (κ3) is 2.29. The summed E-state index contributed by atoms with van der Waals surface area (Å²) >= 11 is 1.63. The van der Waals surface area contributed by atoms with Gasteiger partial charge >= 0.3 is 6.03 Å². The molecule has 3 rings (SSSR count). The van der Waals surface area contributed by atoms with Gasteiger partial charge < -0.3 is 0 Å². The Kier molecular flexibility index (Phi) is 3.42. The molecule has 1 atom stereocenters. The average molecular weight is 303 g/mol. The van der Waals surface area contributed by atoms with Gasteiger partial charge in [0.2, 0.25) is 0 Å². The molecule has 1 N–H and O–H groups in total. The molecule has 21 heavy (non-hydrogen) atoms. The highest BCUT2D eigenvalue weighted by Gasteiger charge is 2.49. The molecule has 1 aromatic rings. The van der Waals surface area contributed by atoms with Crippen LogP contribution in [0.25, 0.3) is 0 Å². The molecular weight excluding hydrogens is 288 g/mol. The lowest BCUT2D eigenvalue weighted by atomic mass is 9.95. The van der Waals surface area contributed by atoms with Crippen LogP contribution in [-0.4, -0.2) is 47.4 Å². The monoisotopic (exact) mass is 303 g/mol. The Labute approximate surface area is 126 Å². The lowest BCUT2D eigenvalue weighted by molar-refractivity contribution is -0.382. The first-order valence-electron chi connectivity index (χ1n) is 6.51. The normalized spacial score (nSPS) is 23.6. The van der Waals surface area contributed by atoms with Crippen molar-refractivity contribution in [3.05, 3.63) is 34.7 Å². The van der Waals surface area contributed by atoms with Crippen LogP contribution in [0.5, 0.6) is 0 Å². The number of hydrogen-bond donors (Lipinski definition) is 1. The van der Waals surface area contributed by atoms with Crippen molar-refractivity contribution in [3.63, 3.8) is 0 Å². The molecule has 0 aliphatic carbocycles. The van der Waals surface area contributed by atoms with Crippen LogP contribution in [0.3, 0.4) is 0 Å². The molecule has 6 nitrogen and oxygen atoms in total. The highest BCUT2D eigenvalue weighted by Crippen LogP contribution is 2.19. The van der Waals surface area contributed by atoms with E-state index in [-0.39, 0.29) is 11.9 Å². The third-order valence-electron chi connectivity index (χ3n) is 3.56. The van der Waals surface area contributed by atoms with Crippen LogP contribution >= 0.6 is 11.3 Å². The van der Waals surface area contributed by atoms with Crippen molar-refractivity contribution in [2.24, 2.45) is 10.9 Å². The summed E-state index contributed by atoms with van der Waals surface area (Å²) in [7, 11) is 3.14. The van der Waals surface area contributed by atoms with Crippen molar-refractivity contribution in [3.8, 4) is 0 Å². The van der Waals surface area contributed by atoms with E-state index >= 15 is 0 Å². The number of rotatable bonds is 2. The third-order valence-corrected chi connectivity index (χ3v) is 4.43. The molecule has 3 amide bonds.